The number of nitrogens with zero attached hydrogens (tertiary/aromatic N) is 4. The third-order valence-corrected chi connectivity index (χ3v) is 5.22. The van der Waals surface area contributed by atoms with Crippen molar-refractivity contribution in [2.75, 3.05) is 5.32 Å². The molecule has 1 aromatic carbocycles. The molecule has 3 heterocycles. The number of halogens is 1. The summed E-state index contributed by atoms with van der Waals surface area (Å²) in [5, 5.41) is 14.6. The summed E-state index contributed by atoms with van der Waals surface area (Å²) in [7, 11) is 0. The molecule has 0 spiro atoms. The zero-order valence-corrected chi connectivity index (χ0v) is 15.8. The average molecular weight is 382 g/mol. The van der Waals surface area contributed by atoms with E-state index < -0.39 is 0 Å². The lowest BCUT2D eigenvalue weighted by Gasteiger charge is -2.09. The van der Waals surface area contributed by atoms with Gasteiger partial charge in [-0.05, 0) is 29.2 Å². The first-order valence-corrected chi connectivity index (χ1v) is 9.46. The molecular weight excluding hydrogens is 366 g/mol. The smallest absolute Gasteiger partial charge is 0.154 e. The molecule has 130 valence electrons. The minimum Gasteiger partial charge on any atom is -0.323 e. The fourth-order valence-corrected chi connectivity index (χ4v) is 3.75. The quantitative estimate of drug-likeness (QED) is 0.493. The molecule has 26 heavy (non-hydrogen) atoms. The number of thiophene rings is 1. The largest absolute Gasteiger partial charge is 0.323 e. The monoisotopic (exact) mass is 381 g/mol. The van der Waals surface area contributed by atoms with Crippen molar-refractivity contribution in [1.29, 1.82) is 0 Å². The van der Waals surface area contributed by atoms with Crippen LogP contribution in [0.15, 0.2) is 48.1 Å². The van der Waals surface area contributed by atoms with Crippen LogP contribution in [0.3, 0.4) is 0 Å². The molecule has 0 saturated carbocycles. The van der Waals surface area contributed by atoms with Crippen molar-refractivity contribution < 1.29 is 0 Å². The summed E-state index contributed by atoms with van der Waals surface area (Å²) in [6, 6.07) is 12.1. The summed E-state index contributed by atoms with van der Waals surface area (Å²) in [5.74, 6) is 1.80. The molecular formula is C19H16ClN5S. The van der Waals surface area contributed by atoms with Gasteiger partial charge in [0.15, 0.2) is 11.0 Å². The van der Waals surface area contributed by atoms with Crippen molar-refractivity contribution >= 4 is 44.8 Å². The topological polar surface area (TPSA) is 63.6 Å². The van der Waals surface area contributed by atoms with Gasteiger partial charge in [0, 0.05) is 10.9 Å². The van der Waals surface area contributed by atoms with Crippen LogP contribution in [-0.4, -0.2) is 20.2 Å². The van der Waals surface area contributed by atoms with Gasteiger partial charge in [-0.1, -0.05) is 49.7 Å². The standard InChI is InChI=1S/C19H16ClN5S/c1-11(2)12-3-5-13(6-4-12)14-9-26-19-17(14)18(21-10-22-19)23-16-8-7-15(20)24-25-16/h3-11H,1-2H3,(H,21,22,23,25). The van der Waals surface area contributed by atoms with E-state index in [1.54, 1.807) is 29.8 Å². The summed E-state index contributed by atoms with van der Waals surface area (Å²) >= 11 is 7.41. The average Bonchev–Trinajstić information content (AvgIpc) is 3.09. The summed E-state index contributed by atoms with van der Waals surface area (Å²) in [4.78, 5) is 9.74. The molecule has 0 radical (unpaired) electrons. The van der Waals surface area contributed by atoms with E-state index in [-0.39, 0.29) is 0 Å². The molecule has 3 aromatic heterocycles. The van der Waals surface area contributed by atoms with Crippen LogP contribution >= 0.6 is 22.9 Å². The minimum absolute atomic E-state index is 0.352. The van der Waals surface area contributed by atoms with Crippen molar-refractivity contribution in [2.45, 2.75) is 19.8 Å². The van der Waals surface area contributed by atoms with Crippen molar-refractivity contribution in [3.8, 4) is 11.1 Å². The number of rotatable bonds is 4. The first-order chi connectivity index (χ1) is 12.6. The number of benzene rings is 1. The van der Waals surface area contributed by atoms with Crippen LogP contribution in [0.25, 0.3) is 21.3 Å². The normalized spacial score (nSPS) is 11.2. The molecule has 4 aromatic rings. The van der Waals surface area contributed by atoms with Crippen molar-refractivity contribution in [3.63, 3.8) is 0 Å². The lowest BCUT2D eigenvalue weighted by atomic mass is 9.99. The summed E-state index contributed by atoms with van der Waals surface area (Å²) in [6.07, 6.45) is 1.55. The van der Waals surface area contributed by atoms with Crippen molar-refractivity contribution in [1.82, 2.24) is 20.2 Å². The second-order valence-electron chi connectivity index (χ2n) is 6.19. The van der Waals surface area contributed by atoms with Gasteiger partial charge in [-0.25, -0.2) is 9.97 Å². The maximum absolute atomic E-state index is 5.81. The van der Waals surface area contributed by atoms with Gasteiger partial charge >= 0.3 is 0 Å². The maximum Gasteiger partial charge on any atom is 0.154 e. The predicted octanol–water partition coefficient (Wildman–Crippen LogP) is 5.67. The Morgan fingerprint density at radius 1 is 1.00 bits per heavy atom. The Balaban J connectivity index is 1.77. The van der Waals surface area contributed by atoms with Gasteiger partial charge in [0.25, 0.3) is 0 Å². The Labute approximate surface area is 160 Å². The third-order valence-electron chi connectivity index (χ3n) is 4.14. The highest BCUT2D eigenvalue weighted by molar-refractivity contribution is 7.17. The van der Waals surface area contributed by atoms with Crippen molar-refractivity contribution in [3.05, 3.63) is 58.8 Å². The van der Waals surface area contributed by atoms with Crippen LogP contribution in [0.5, 0.6) is 0 Å². The molecule has 0 saturated heterocycles. The molecule has 0 unspecified atom stereocenters. The van der Waals surface area contributed by atoms with Crippen LogP contribution in [0.1, 0.15) is 25.3 Å². The zero-order valence-electron chi connectivity index (χ0n) is 14.3. The van der Waals surface area contributed by atoms with Crippen LogP contribution in [0.4, 0.5) is 11.6 Å². The molecule has 4 rings (SSSR count). The summed E-state index contributed by atoms with van der Waals surface area (Å²) in [5.41, 5.74) is 3.56. The lowest BCUT2D eigenvalue weighted by molar-refractivity contribution is 0.867. The van der Waals surface area contributed by atoms with Gasteiger partial charge in [-0.15, -0.1) is 21.5 Å². The van der Waals surface area contributed by atoms with Crippen LogP contribution in [0.2, 0.25) is 5.15 Å². The Hall–Kier alpha value is -2.57. The number of anilines is 2. The van der Waals surface area contributed by atoms with Gasteiger partial charge < -0.3 is 5.32 Å². The number of hydrogen-bond donors (Lipinski definition) is 1. The van der Waals surface area contributed by atoms with Crippen LogP contribution < -0.4 is 5.32 Å². The molecule has 0 aliphatic heterocycles. The molecule has 0 atom stereocenters. The molecule has 0 aliphatic carbocycles. The Kier molecular flexibility index (Phi) is 4.53. The second kappa shape index (κ2) is 6.97. The lowest BCUT2D eigenvalue weighted by Crippen LogP contribution is -1.98. The van der Waals surface area contributed by atoms with E-state index >= 15 is 0 Å². The molecule has 5 nitrogen and oxygen atoms in total. The molecule has 1 N–H and O–H groups in total. The first kappa shape index (κ1) is 16.9. The number of nitrogens with one attached hydrogen (secondary N) is 1. The molecule has 0 fully saturated rings. The number of fused-ring (bicyclic) bond motifs is 1. The highest BCUT2D eigenvalue weighted by Crippen LogP contribution is 2.37. The van der Waals surface area contributed by atoms with Gasteiger partial charge in [-0.3, -0.25) is 0 Å². The fraction of sp³-hybridized carbons (Fsp3) is 0.158. The Morgan fingerprint density at radius 3 is 2.50 bits per heavy atom. The Morgan fingerprint density at radius 2 is 1.81 bits per heavy atom. The molecule has 0 amide bonds. The number of hydrogen-bond acceptors (Lipinski definition) is 6. The SMILES string of the molecule is CC(C)c1ccc(-c2csc3ncnc(Nc4ccc(Cl)nn4)c23)cc1. The van der Waals surface area contributed by atoms with E-state index in [0.717, 1.165) is 21.3 Å². The Bertz CT molecular complexity index is 1040. The van der Waals surface area contributed by atoms with Gasteiger partial charge in [0.1, 0.15) is 17.0 Å². The van der Waals surface area contributed by atoms with Gasteiger partial charge in [-0.2, -0.15) is 0 Å². The highest BCUT2D eigenvalue weighted by atomic mass is 35.5. The van der Waals surface area contributed by atoms with Crippen molar-refractivity contribution in [2.24, 2.45) is 0 Å². The van der Waals surface area contributed by atoms with Gasteiger partial charge in [0.2, 0.25) is 0 Å². The van der Waals surface area contributed by atoms with E-state index in [9.17, 15) is 0 Å². The summed E-state index contributed by atoms with van der Waals surface area (Å²) < 4.78 is 0. The second-order valence-corrected chi connectivity index (χ2v) is 7.44. The molecule has 0 aliphatic rings. The van der Waals surface area contributed by atoms with Gasteiger partial charge in [0.05, 0.1) is 5.39 Å². The number of aromatic nitrogens is 4. The van der Waals surface area contributed by atoms with E-state index in [4.69, 9.17) is 11.6 Å². The van der Waals surface area contributed by atoms with Crippen LogP contribution in [-0.2, 0) is 0 Å². The molecule has 7 heteroatoms. The van der Waals surface area contributed by atoms with E-state index in [1.165, 1.54) is 5.56 Å². The van der Waals surface area contributed by atoms with Crippen LogP contribution in [0, 0.1) is 0 Å². The minimum atomic E-state index is 0.352. The zero-order chi connectivity index (χ0) is 18.1. The predicted molar refractivity (Wildman–Crippen MR) is 107 cm³/mol. The van der Waals surface area contributed by atoms with E-state index in [1.807, 2.05) is 0 Å². The fourth-order valence-electron chi connectivity index (χ4n) is 2.73. The summed E-state index contributed by atoms with van der Waals surface area (Å²) in [6.45, 7) is 4.38. The first-order valence-electron chi connectivity index (χ1n) is 8.20. The highest BCUT2D eigenvalue weighted by Gasteiger charge is 2.14. The third kappa shape index (κ3) is 3.25. The van der Waals surface area contributed by atoms with E-state index in [2.05, 4.69) is 69.0 Å². The maximum atomic E-state index is 5.81. The molecule has 0 bridgehead atoms. The van der Waals surface area contributed by atoms with E-state index in [0.29, 0.717) is 22.7 Å².